The Balaban J connectivity index is 1.84. The normalized spacial score (nSPS) is 10.5. The van der Waals surface area contributed by atoms with Gasteiger partial charge in [0.25, 0.3) is 5.91 Å². The van der Waals surface area contributed by atoms with Crippen LogP contribution < -0.4 is 10.1 Å². The molecule has 0 radical (unpaired) electrons. The van der Waals surface area contributed by atoms with Gasteiger partial charge in [-0.1, -0.05) is 31.2 Å². The van der Waals surface area contributed by atoms with Crippen LogP contribution in [0.25, 0.3) is 10.8 Å². The van der Waals surface area contributed by atoms with Gasteiger partial charge < -0.3 is 14.8 Å². The summed E-state index contributed by atoms with van der Waals surface area (Å²) in [5, 5.41) is 4.73. The fraction of sp³-hybridized carbons (Fsp3) is 0.182. The molecule has 0 aliphatic heterocycles. The SMILES string of the molecule is CCCOC(=O)c1ccc(NC(=O)c2cc3ccccc3c(Br)c2OC)cc1. The lowest BCUT2D eigenvalue weighted by Gasteiger charge is -2.14. The first-order valence-electron chi connectivity index (χ1n) is 8.89. The molecule has 0 bridgehead atoms. The number of carbonyl (C=O) groups is 2. The summed E-state index contributed by atoms with van der Waals surface area (Å²) in [6, 6.07) is 16.1. The predicted octanol–water partition coefficient (Wildman–Crippen LogP) is 5.43. The van der Waals surface area contributed by atoms with Crippen LogP contribution in [-0.4, -0.2) is 25.6 Å². The average Bonchev–Trinajstić information content (AvgIpc) is 2.72. The molecule has 0 fully saturated rings. The lowest BCUT2D eigenvalue weighted by molar-refractivity contribution is 0.0505. The summed E-state index contributed by atoms with van der Waals surface area (Å²) < 4.78 is 11.3. The Morgan fingerprint density at radius 2 is 1.79 bits per heavy atom. The number of hydrogen-bond acceptors (Lipinski definition) is 4. The van der Waals surface area contributed by atoms with Crippen LogP contribution in [0.4, 0.5) is 5.69 Å². The Hall–Kier alpha value is -2.86. The van der Waals surface area contributed by atoms with Crippen molar-refractivity contribution < 1.29 is 19.1 Å². The molecule has 0 saturated carbocycles. The van der Waals surface area contributed by atoms with E-state index >= 15 is 0 Å². The van der Waals surface area contributed by atoms with Gasteiger partial charge in [0, 0.05) is 5.69 Å². The van der Waals surface area contributed by atoms with Crippen LogP contribution in [0.2, 0.25) is 0 Å². The molecule has 0 unspecified atom stereocenters. The van der Waals surface area contributed by atoms with Gasteiger partial charge in [-0.05, 0) is 63.5 Å². The first-order valence-corrected chi connectivity index (χ1v) is 9.68. The van der Waals surface area contributed by atoms with Crippen molar-refractivity contribution in [3.63, 3.8) is 0 Å². The van der Waals surface area contributed by atoms with Gasteiger partial charge in [-0.25, -0.2) is 4.79 Å². The second-order valence-electron chi connectivity index (χ2n) is 6.16. The molecule has 6 heteroatoms. The maximum atomic E-state index is 12.8. The van der Waals surface area contributed by atoms with Gasteiger partial charge >= 0.3 is 5.97 Å². The fourth-order valence-electron chi connectivity index (χ4n) is 2.82. The van der Waals surface area contributed by atoms with Crippen LogP contribution in [0.5, 0.6) is 5.75 Å². The van der Waals surface area contributed by atoms with Crippen molar-refractivity contribution in [3.8, 4) is 5.75 Å². The van der Waals surface area contributed by atoms with Crippen molar-refractivity contribution >= 4 is 44.3 Å². The van der Waals surface area contributed by atoms with E-state index in [1.165, 1.54) is 7.11 Å². The molecule has 3 aromatic carbocycles. The molecule has 0 saturated heterocycles. The van der Waals surface area contributed by atoms with Crippen molar-refractivity contribution in [2.24, 2.45) is 0 Å². The Bertz CT molecular complexity index is 1010. The summed E-state index contributed by atoms with van der Waals surface area (Å²) in [6.07, 6.45) is 0.767. The second-order valence-corrected chi connectivity index (χ2v) is 6.95. The van der Waals surface area contributed by atoms with E-state index in [-0.39, 0.29) is 11.9 Å². The number of esters is 1. The fourth-order valence-corrected chi connectivity index (χ4v) is 3.56. The standard InChI is InChI=1S/C22H20BrNO4/c1-3-12-28-22(26)14-8-10-16(11-9-14)24-21(25)18-13-15-6-4-5-7-17(15)19(23)20(18)27-2/h4-11,13H,3,12H2,1-2H3,(H,24,25). The highest BCUT2D eigenvalue weighted by molar-refractivity contribution is 9.10. The van der Waals surface area contributed by atoms with Crippen LogP contribution >= 0.6 is 15.9 Å². The maximum Gasteiger partial charge on any atom is 0.338 e. The summed E-state index contributed by atoms with van der Waals surface area (Å²) in [5.41, 5.74) is 1.43. The molecule has 0 heterocycles. The minimum atomic E-state index is -0.375. The van der Waals surface area contributed by atoms with Gasteiger partial charge in [0.1, 0.15) is 5.75 Å². The van der Waals surface area contributed by atoms with Crippen molar-refractivity contribution in [2.45, 2.75) is 13.3 Å². The largest absolute Gasteiger partial charge is 0.495 e. The lowest BCUT2D eigenvalue weighted by Crippen LogP contribution is -2.14. The molecular weight excluding hydrogens is 422 g/mol. The van der Waals surface area contributed by atoms with Crippen molar-refractivity contribution in [1.82, 2.24) is 0 Å². The topological polar surface area (TPSA) is 64.6 Å². The van der Waals surface area contributed by atoms with E-state index in [4.69, 9.17) is 9.47 Å². The third kappa shape index (κ3) is 4.17. The van der Waals surface area contributed by atoms with E-state index in [9.17, 15) is 9.59 Å². The molecule has 0 aromatic heterocycles. The molecule has 3 rings (SSSR count). The van der Waals surface area contributed by atoms with E-state index in [0.29, 0.717) is 29.2 Å². The van der Waals surface area contributed by atoms with Crippen LogP contribution in [0, 0.1) is 0 Å². The Morgan fingerprint density at radius 1 is 1.07 bits per heavy atom. The number of halogens is 1. The van der Waals surface area contributed by atoms with Crippen LogP contribution in [0.15, 0.2) is 59.1 Å². The number of amides is 1. The molecule has 3 aromatic rings. The molecule has 1 amide bonds. The minimum Gasteiger partial charge on any atom is -0.495 e. The average molecular weight is 442 g/mol. The van der Waals surface area contributed by atoms with Gasteiger partial charge in [0.2, 0.25) is 0 Å². The maximum absolute atomic E-state index is 12.8. The number of carbonyl (C=O) groups excluding carboxylic acids is 2. The van der Waals surface area contributed by atoms with Gasteiger partial charge in [-0.3, -0.25) is 4.79 Å². The van der Waals surface area contributed by atoms with Gasteiger partial charge in [0.15, 0.2) is 0 Å². The third-order valence-electron chi connectivity index (χ3n) is 4.21. The number of methoxy groups -OCH3 is 1. The molecule has 0 spiro atoms. The number of nitrogens with one attached hydrogen (secondary N) is 1. The highest BCUT2D eigenvalue weighted by Gasteiger charge is 2.18. The summed E-state index contributed by atoms with van der Waals surface area (Å²) in [5.74, 6) is -0.208. The monoisotopic (exact) mass is 441 g/mol. The summed E-state index contributed by atoms with van der Waals surface area (Å²) in [7, 11) is 1.53. The van der Waals surface area contributed by atoms with Crippen LogP contribution in [0.1, 0.15) is 34.1 Å². The Labute approximate surface area is 171 Å². The number of benzene rings is 3. The highest BCUT2D eigenvalue weighted by Crippen LogP contribution is 2.36. The number of rotatable bonds is 6. The summed E-state index contributed by atoms with van der Waals surface area (Å²) >= 11 is 3.54. The molecule has 28 heavy (non-hydrogen) atoms. The number of ether oxygens (including phenoxy) is 2. The van der Waals surface area contributed by atoms with E-state index in [0.717, 1.165) is 21.7 Å². The number of hydrogen-bond donors (Lipinski definition) is 1. The van der Waals surface area contributed by atoms with E-state index in [1.54, 1.807) is 30.3 Å². The Kier molecular flexibility index (Phi) is 6.31. The first-order chi connectivity index (χ1) is 13.5. The quantitative estimate of drug-likeness (QED) is 0.517. The second kappa shape index (κ2) is 8.89. The van der Waals surface area contributed by atoms with E-state index in [2.05, 4.69) is 21.2 Å². The van der Waals surface area contributed by atoms with Crippen molar-refractivity contribution in [2.75, 3.05) is 19.0 Å². The van der Waals surface area contributed by atoms with E-state index < -0.39 is 0 Å². The third-order valence-corrected chi connectivity index (χ3v) is 4.99. The molecule has 0 aliphatic carbocycles. The number of anilines is 1. The van der Waals surface area contributed by atoms with Gasteiger partial charge in [-0.15, -0.1) is 0 Å². The highest BCUT2D eigenvalue weighted by atomic mass is 79.9. The summed E-state index contributed by atoms with van der Waals surface area (Å²) in [6.45, 7) is 2.32. The molecule has 144 valence electrons. The molecule has 0 aliphatic rings. The Morgan fingerprint density at radius 3 is 2.46 bits per heavy atom. The lowest BCUT2D eigenvalue weighted by atomic mass is 10.0. The van der Waals surface area contributed by atoms with Crippen LogP contribution in [-0.2, 0) is 4.74 Å². The molecule has 1 N–H and O–H groups in total. The first kappa shape index (κ1) is 19.9. The van der Waals surface area contributed by atoms with Gasteiger partial charge in [0.05, 0.1) is 29.3 Å². The zero-order valence-electron chi connectivity index (χ0n) is 15.6. The smallest absolute Gasteiger partial charge is 0.338 e. The zero-order chi connectivity index (χ0) is 20.1. The van der Waals surface area contributed by atoms with Crippen LogP contribution in [0.3, 0.4) is 0 Å². The van der Waals surface area contributed by atoms with Gasteiger partial charge in [-0.2, -0.15) is 0 Å². The molecular formula is C22H20BrNO4. The van der Waals surface area contributed by atoms with Crippen molar-refractivity contribution in [1.29, 1.82) is 0 Å². The predicted molar refractivity (Wildman–Crippen MR) is 113 cm³/mol. The van der Waals surface area contributed by atoms with E-state index in [1.807, 2.05) is 31.2 Å². The zero-order valence-corrected chi connectivity index (χ0v) is 17.2. The molecule has 0 atom stereocenters. The summed E-state index contributed by atoms with van der Waals surface area (Å²) in [4.78, 5) is 24.7. The minimum absolute atomic E-state index is 0.301. The van der Waals surface area contributed by atoms with Crippen molar-refractivity contribution in [3.05, 3.63) is 70.2 Å². The number of fused-ring (bicyclic) bond motifs is 1. The molecule has 5 nitrogen and oxygen atoms in total.